The summed E-state index contributed by atoms with van der Waals surface area (Å²) >= 11 is 5.77. The first-order valence-electron chi connectivity index (χ1n) is 8.09. The Balaban J connectivity index is 2.14. The maximum Gasteiger partial charge on any atom is 0.308 e. The van der Waals surface area contributed by atoms with Crippen molar-refractivity contribution >= 4 is 23.5 Å². The second-order valence-corrected chi connectivity index (χ2v) is 6.82. The second-order valence-electron chi connectivity index (χ2n) is 6.41. The molecule has 1 aromatic carbocycles. The van der Waals surface area contributed by atoms with Crippen LogP contribution in [-0.2, 0) is 4.79 Å². The Morgan fingerprint density at radius 1 is 1.38 bits per heavy atom. The largest absolute Gasteiger partial charge is 0.481 e. The Morgan fingerprint density at radius 3 is 2.65 bits per heavy atom. The summed E-state index contributed by atoms with van der Waals surface area (Å²) in [4.78, 5) is 23.6. The van der Waals surface area contributed by atoms with Crippen molar-refractivity contribution in [3.63, 3.8) is 0 Å². The van der Waals surface area contributed by atoms with Crippen molar-refractivity contribution in [2.75, 3.05) is 6.54 Å². The standard InChI is InChI=1S/C17H20ClFN4O3/c1-9(2)6-11(17(25)26)8-20-16(24)15-10(3)23(22-21-15)12-4-5-14(19)13(18)7-12/h4-5,7,9,11H,6,8H2,1-3H3,(H,20,24)(H,25,26). The van der Waals surface area contributed by atoms with Crippen LogP contribution in [0.2, 0.25) is 5.02 Å². The summed E-state index contributed by atoms with van der Waals surface area (Å²) in [7, 11) is 0. The summed E-state index contributed by atoms with van der Waals surface area (Å²) in [5, 5.41) is 19.5. The zero-order valence-electron chi connectivity index (χ0n) is 14.7. The van der Waals surface area contributed by atoms with E-state index < -0.39 is 23.6 Å². The average Bonchev–Trinajstić information content (AvgIpc) is 2.95. The van der Waals surface area contributed by atoms with Gasteiger partial charge in [-0.25, -0.2) is 9.07 Å². The smallest absolute Gasteiger partial charge is 0.308 e. The lowest BCUT2D eigenvalue weighted by atomic mass is 9.97. The Bertz CT molecular complexity index is 822. The molecular formula is C17H20ClFN4O3. The highest BCUT2D eigenvalue weighted by Gasteiger charge is 2.22. The van der Waals surface area contributed by atoms with Gasteiger partial charge in [0.25, 0.3) is 5.91 Å². The van der Waals surface area contributed by atoms with Gasteiger partial charge in [-0.15, -0.1) is 5.10 Å². The first kappa shape index (κ1) is 19.8. The number of carboxylic acid groups (broad SMARTS) is 1. The Kier molecular flexibility index (Phi) is 6.31. The van der Waals surface area contributed by atoms with Crippen LogP contribution in [0.5, 0.6) is 0 Å². The molecule has 1 atom stereocenters. The van der Waals surface area contributed by atoms with Crippen LogP contribution in [0.1, 0.15) is 36.5 Å². The van der Waals surface area contributed by atoms with Gasteiger partial charge in [-0.1, -0.05) is 30.7 Å². The lowest BCUT2D eigenvalue weighted by Gasteiger charge is -2.15. The van der Waals surface area contributed by atoms with Gasteiger partial charge in [0, 0.05) is 6.54 Å². The first-order valence-corrected chi connectivity index (χ1v) is 8.47. The number of nitrogens with zero attached hydrogens (tertiary/aromatic N) is 3. The SMILES string of the molecule is Cc1c(C(=O)NCC(CC(C)C)C(=O)O)nnn1-c1ccc(F)c(Cl)c1. The molecule has 1 amide bonds. The van der Waals surface area contributed by atoms with Crippen molar-refractivity contribution < 1.29 is 19.1 Å². The zero-order valence-corrected chi connectivity index (χ0v) is 15.4. The number of carboxylic acids is 1. The van der Waals surface area contributed by atoms with Gasteiger partial charge in [-0.3, -0.25) is 9.59 Å². The number of aromatic nitrogens is 3. The van der Waals surface area contributed by atoms with E-state index in [9.17, 15) is 19.1 Å². The molecule has 9 heteroatoms. The number of hydrogen-bond donors (Lipinski definition) is 2. The monoisotopic (exact) mass is 382 g/mol. The number of carbonyl (C=O) groups excluding carboxylic acids is 1. The fourth-order valence-corrected chi connectivity index (χ4v) is 2.72. The maximum atomic E-state index is 13.3. The quantitative estimate of drug-likeness (QED) is 0.767. The van der Waals surface area contributed by atoms with Crippen LogP contribution in [0.15, 0.2) is 18.2 Å². The fraction of sp³-hybridized carbons (Fsp3) is 0.412. The number of aliphatic carboxylic acids is 1. The van der Waals surface area contributed by atoms with Crippen LogP contribution in [0.4, 0.5) is 4.39 Å². The molecule has 2 aromatic rings. The zero-order chi connectivity index (χ0) is 19.4. The van der Waals surface area contributed by atoms with E-state index in [4.69, 9.17) is 11.6 Å². The van der Waals surface area contributed by atoms with E-state index in [1.54, 1.807) is 6.92 Å². The molecule has 0 saturated heterocycles. The minimum Gasteiger partial charge on any atom is -0.481 e. The normalized spacial score (nSPS) is 12.2. The van der Waals surface area contributed by atoms with E-state index in [0.29, 0.717) is 17.8 Å². The topological polar surface area (TPSA) is 97.1 Å². The third-order valence-electron chi connectivity index (χ3n) is 3.87. The summed E-state index contributed by atoms with van der Waals surface area (Å²) in [6, 6.07) is 4.04. The van der Waals surface area contributed by atoms with E-state index in [2.05, 4.69) is 15.6 Å². The van der Waals surface area contributed by atoms with Crippen molar-refractivity contribution in [2.45, 2.75) is 27.2 Å². The second kappa shape index (κ2) is 8.27. The molecule has 1 unspecified atom stereocenters. The van der Waals surface area contributed by atoms with Crippen molar-refractivity contribution in [1.29, 1.82) is 0 Å². The molecular weight excluding hydrogens is 363 g/mol. The van der Waals surface area contributed by atoms with Gasteiger partial charge in [0.2, 0.25) is 0 Å². The van der Waals surface area contributed by atoms with Crippen molar-refractivity contribution in [1.82, 2.24) is 20.3 Å². The minimum atomic E-state index is -0.958. The molecule has 2 N–H and O–H groups in total. The summed E-state index contributed by atoms with van der Waals surface area (Å²) in [5.41, 5.74) is 0.962. The molecule has 0 bridgehead atoms. The predicted octanol–water partition coefficient (Wildman–Crippen LogP) is 2.84. The highest BCUT2D eigenvalue weighted by Crippen LogP contribution is 2.20. The number of benzene rings is 1. The van der Waals surface area contributed by atoms with Gasteiger partial charge < -0.3 is 10.4 Å². The van der Waals surface area contributed by atoms with Gasteiger partial charge in [0.05, 0.1) is 22.3 Å². The molecule has 0 spiro atoms. The summed E-state index contributed by atoms with van der Waals surface area (Å²) in [5.74, 6) is -2.52. The predicted molar refractivity (Wildman–Crippen MR) is 94.0 cm³/mol. The summed E-state index contributed by atoms with van der Waals surface area (Å²) < 4.78 is 14.7. The van der Waals surface area contributed by atoms with E-state index in [1.807, 2.05) is 13.8 Å². The molecule has 0 fully saturated rings. The van der Waals surface area contributed by atoms with Crippen LogP contribution in [0, 0.1) is 24.6 Å². The van der Waals surface area contributed by atoms with Crippen molar-refractivity contribution in [3.05, 3.63) is 40.4 Å². The van der Waals surface area contributed by atoms with Crippen molar-refractivity contribution in [3.8, 4) is 5.69 Å². The van der Waals surface area contributed by atoms with Gasteiger partial charge in [-0.2, -0.15) is 0 Å². The average molecular weight is 383 g/mol. The molecule has 26 heavy (non-hydrogen) atoms. The number of hydrogen-bond acceptors (Lipinski definition) is 4. The van der Waals surface area contributed by atoms with Crippen molar-refractivity contribution in [2.24, 2.45) is 11.8 Å². The van der Waals surface area contributed by atoms with Crippen LogP contribution < -0.4 is 5.32 Å². The van der Waals surface area contributed by atoms with Crippen LogP contribution in [-0.4, -0.2) is 38.5 Å². The highest BCUT2D eigenvalue weighted by molar-refractivity contribution is 6.30. The van der Waals surface area contributed by atoms with E-state index in [1.165, 1.54) is 22.9 Å². The van der Waals surface area contributed by atoms with Gasteiger partial charge in [0.1, 0.15) is 5.82 Å². The molecule has 140 valence electrons. The third-order valence-corrected chi connectivity index (χ3v) is 4.16. The molecule has 1 heterocycles. The molecule has 1 aromatic heterocycles. The van der Waals surface area contributed by atoms with Gasteiger partial charge in [-0.05, 0) is 37.5 Å². The molecule has 2 rings (SSSR count). The lowest BCUT2D eigenvalue weighted by Crippen LogP contribution is -2.34. The fourth-order valence-electron chi connectivity index (χ4n) is 2.54. The number of nitrogens with one attached hydrogen (secondary N) is 1. The van der Waals surface area contributed by atoms with Crippen LogP contribution in [0.3, 0.4) is 0 Å². The molecule has 0 aliphatic heterocycles. The lowest BCUT2D eigenvalue weighted by molar-refractivity contribution is -0.142. The van der Waals surface area contributed by atoms with E-state index >= 15 is 0 Å². The van der Waals surface area contributed by atoms with Gasteiger partial charge >= 0.3 is 5.97 Å². The summed E-state index contributed by atoms with van der Waals surface area (Å²) in [6.07, 6.45) is 0.454. The van der Waals surface area contributed by atoms with E-state index in [0.717, 1.165) is 0 Å². The van der Waals surface area contributed by atoms with E-state index in [-0.39, 0.29) is 23.2 Å². The molecule has 7 nitrogen and oxygen atoms in total. The minimum absolute atomic E-state index is 0.00101. The highest BCUT2D eigenvalue weighted by atomic mass is 35.5. The van der Waals surface area contributed by atoms with Gasteiger partial charge in [0.15, 0.2) is 5.69 Å². The number of rotatable bonds is 7. The number of halogens is 2. The Labute approximate surface area is 155 Å². The maximum absolute atomic E-state index is 13.3. The van der Waals surface area contributed by atoms with Crippen LogP contribution in [0.25, 0.3) is 5.69 Å². The third kappa shape index (κ3) is 4.57. The van der Waals surface area contributed by atoms with Crippen LogP contribution >= 0.6 is 11.6 Å². The molecule has 0 aliphatic rings. The first-order chi connectivity index (χ1) is 12.2. The Morgan fingerprint density at radius 2 is 2.08 bits per heavy atom. The Hall–Kier alpha value is -2.48. The number of amides is 1. The molecule has 0 saturated carbocycles. The molecule has 0 radical (unpaired) electrons. The molecule has 0 aliphatic carbocycles. The summed E-state index contributed by atoms with van der Waals surface area (Å²) in [6.45, 7) is 5.47. The number of carbonyl (C=O) groups is 2.